The molecule has 0 spiro atoms. The van der Waals surface area contributed by atoms with E-state index in [1.54, 1.807) is 18.2 Å². The maximum absolute atomic E-state index is 12.2. The third-order valence-corrected chi connectivity index (χ3v) is 3.87. The molecule has 0 fully saturated rings. The van der Waals surface area contributed by atoms with E-state index in [-0.39, 0.29) is 12.7 Å². The number of fused-ring (bicyclic) bond motifs is 1. The Labute approximate surface area is 141 Å². The summed E-state index contributed by atoms with van der Waals surface area (Å²) >= 11 is 0. The van der Waals surface area contributed by atoms with Crippen LogP contribution >= 0.6 is 0 Å². The highest BCUT2D eigenvalue weighted by Gasteiger charge is 2.16. The zero-order valence-corrected chi connectivity index (χ0v) is 13.8. The van der Waals surface area contributed by atoms with Crippen molar-refractivity contribution in [3.8, 4) is 11.5 Å². The van der Waals surface area contributed by atoms with Gasteiger partial charge >= 0.3 is 0 Å². The van der Waals surface area contributed by atoms with Crippen LogP contribution in [0.5, 0.6) is 11.5 Å². The van der Waals surface area contributed by atoms with Crippen molar-refractivity contribution in [3.05, 3.63) is 59.2 Å². The van der Waals surface area contributed by atoms with E-state index in [4.69, 9.17) is 9.47 Å². The number of hydrazone groups is 1. The van der Waals surface area contributed by atoms with Gasteiger partial charge in [0.1, 0.15) is 0 Å². The molecule has 5 heteroatoms. The van der Waals surface area contributed by atoms with E-state index in [2.05, 4.69) is 29.6 Å². The minimum Gasteiger partial charge on any atom is -0.454 e. The SMILES string of the molecule is CCCc1ccc(/C(C)=N\NC(=O)c2ccc3c(c2)OCO3)cc1. The maximum atomic E-state index is 12.2. The third-order valence-electron chi connectivity index (χ3n) is 3.87. The molecule has 0 saturated heterocycles. The lowest BCUT2D eigenvalue weighted by Crippen LogP contribution is -2.19. The minimum atomic E-state index is -0.282. The quantitative estimate of drug-likeness (QED) is 0.676. The van der Waals surface area contributed by atoms with Crippen molar-refractivity contribution in [2.24, 2.45) is 5.10 Å². The fraction of sp³-hybridized carbons (Fsp3) is 0.263. The second-order valence-electron chi connectivity index (χ2n) is 5.65. The molecule has 3 rings (SSSR count). The highest BCUT2D eigenvalue weighted by molar-refractivity contribution is 6.01. The summed E-state index contributed by atoms with van der Waals surface area (Å²) in [6.45, 7) is 4.22. The van der Waals surface area contributed by atoms with Crippen LogP contribution < -0.4 is 14.9 Å². The average Bonchev–Trinajstić information content (AvgIpc) is 3.08. The van der Waals surface area contributed by atoms with Crippen LogP contribution in [0.3, 0.4) is 0 Å². The Balaban J connectivity index is 1.66. The molecule has 1 heterocycles. The second-order valence-corrected chi connectivity index (χ2v) is 5.65. The van der Waals surface area contributed by atoms with E-state index in [1.807, 2.05) is 19.1 Å². The second kappa shape index (κ2) is 7.17. The fourth-order valence-electron chi connectivity index (χ4n) is 2.50. The van der Waals surface area contributed by atoms with Crippen LogP contribution in [0, 0.1) is 0 Å². The van der Waals surface area contributed by atoms with Gasteiger partial charge in [0.05, 0.1) is 5.71 Å². The van der Waals surface area contributed by atoms with E-state index < -0.39 is 0 Å². The molecule has 0 aromatic heterocycles. The molecule has 2 aromatic rings. The average molecular weight is 324 g/mol. The summed E-state index contributed by atoms with van der Waals surface area (Å²) in [7, 11) is 0. The smallest absolute Gasteiger partial charge is 0.271 e. The molecule has 124 valence electrons. The molecule has 1 aliphatic rings. The number of carbonyl (C=O) groups excluding carboxylic acids is 1. The number of hydrogen-bond donors (Lipinski definition) is 1. The van der Waals surface area contributed by atoms with Crippen molar-refractivity contribution in [1.29, 1.82) is 0 Å². The molecule has 0 unspecified atom stereocenters. The number of ether oxygens (including phenoxy) is 2. The third kappa shape index (κ3) is 3.56. The summed E-state index contributed by atoms with van der Waals surface area (Å²) in [4.78, 5) is 12.2. The van der Waals surface area contributed by atoms with Gasteiger partial charge in [0.2, 0.25) is 6.79 Å². The first kappa shape index (κ1) is 16.1. The van der Waals surface area contributed by atoms with E-state index in [0.717, 1.165) is 24.1 Å². The van der Waals surface area contributed by atoms with Gasteiger partial charge in [-0.25, -0.2) is 5.43 Å². The number of hydrogen-bond acceptors (Lipinski definition) is 4. The van der Waals surface area contributed by atoms with Crippen molar-refractivity contribution in [3.63, 3.8) is 0 Å². The van der Waals surface area contributed by atoms with Crippen molar-refractivity contribution in [2.75, 3.05) is 6.79 Å². The van der Waals surface area contributed by atoms with E-state index in [1.165, 1.54) is 5.56 Å². The van der Waals surface area contributed by atoms with Crippen LogP contribution in [-0.4, -0.2) is 18.4 Å². The first-order chi connectivity index (χ1) is 11.7. The zero-order valence-electron chi connectivity index (χ0n) is 13.8. The summed E-state index contributed by atoms with van der Waals surface area (Å²) in [6, 6.07) is 13.3. The van der Waals surface area contributed by atoms with Gasteiger partial charge in [-0.2, -0.15) is 5.10 Å². The largest absolute Gasteiger partial charge is 0.454 e. The Bertz CT molecular complexity index is 767. The number of rotatable bonds is 5. The van der Waals surface area contributed by atoms with Crippen molar-refractivity contribution < 1.29 is 14.3 Å². The Hall–Kier alpha value is -2.82. The molecule has 1 N–H and O–H groups in total. The molecule has 0 atom stereocenters. The van der Waals surface area contributed by atoms with E-state index in [9.17, 15) is 4.79 Å². The molecular formula is C19H20N2O3. The van der Waals surface area contributed by atoms with Crippen LogP contribution in [0.25, 0.3) is 0 Å². The predicted octanol–water partition coefficient (Wildman–Crippen LogP) is 3.52. The van der Waals surface area contributed by atoms with Crippen LogP contribution in [0.2, 0.25) is 0 Å². The van der Waals surface area contributed by atoms with Gasteiger partial charge in [0.15, 0.2) is 11.5 Å². The summed E-state index contributed by atoms with van der Waals surface area (Å²) in [6.07, 6.45) is 2.19. The molecule has 0 aliphatic carbocycles. The number of nitrogens with one attached hydrogen (secondary N) is 1. The number of amides is 1. The van der Waals surface area contributed by atoms with Gasteiger partial charge in [-0.15, -0.1) is 0 Å². The topological polar surface area (TPSA) is 59.9 Å². The Morgan fingerprint density at radius 2 is 1.79 bits per heavy atom. The molecule has 0 radical (unpaired) electrons. The lowest BCUT2D eigenvalue weighted by atomic mass is 10.1. The van der Waals surface area contributed by atoms with Crippen LogP contribution in [-0.2, 0) is 6.42 Å². The van der Waals surface area contributed by atoms with Gasteiger partial charge in [0, 0.05) is 5.56 Å². The van der Waals surface area contributed by atoms with Gasteiger partial charge in [0.25, 0.3) is 5.91 Å². The molecule has 1 aliphatic heterocycles. The number of benzene rings is 2. The van der Waals surface area contributed by atoms with Crippen molar-refractivity contribution in [2.45, 2.75) is 26.7 Å². The monoisotopic (exact) mass is 324 g/mol. The highest BCUT2D eigenvalue weighted by atomic mass is 16.7. The Morgan fingerprint density at radius 3 is 2.54 bits per heavy atom. The minimum absolute atomic E-state index is 0.186. The Morgan fingerprint density at radius 1 is 1.08 bits per heavy atom. The van der Waals surface area contributed by atoms with Gasteiger partial charge < -0.3 is 9.47 Å². The number of carbonyl (C=O) groups is 1. The first-order valence-corrected chi connectivity index (χ1v) is 8.01. The molecule has 24 heavy (non-hydrogen) atoms. The molecular weight excluding hydrogens is 304 g/mol. The predicted molar refractivity (Wildman–Crippen MR) is 92.7 cm³/mol. The van der Waals surface area contributed by atoms with Crippen LogP contribution in [0.1, 0.15) is 41.8 Å². The van der Waals surface area contributed by atoms with E-state index in [0.29, 0.717) is 17.1 Å². The zero-order chi connectivity index (χ0) is 16.9. The molecule has 2 aromatic carbocycles. The summed E-state index contributed by atoms with van der Waals surface area (Å²) in [5, 5.41) is 4.18. The Kier molecular flexibility index (Phi) is 4.79. The first-order valence-electron chi connectivity index (χ1n) is 8.01. The van der Waals surface area contributed by atoms with E-state index >= 15 is 0 Å². The maximum Gasteiger partial charge on any atom is 0.271 e. The van der Waals surface area contributed by atoms with Crippen LogP contribution in [0.4, 0.5) is 0 Å². The van der Waals surface area contributed by atoms with Gasteiger partial charge in [-0.1, -0.05) is 37.6 Å². The number of nitrogens with zero attached hydrogens (tertiary/aromatic N) is 1. The summed E-state index contributed by atoms with van der Waals surface area (Å²) < 4.78 is 10.5. The standard InChI is InChI=1S/C19H20N2O3/c1-3-4-14-5-7-15(8-6-14)13(2)20-21-19(22)16-9-10-17-18(11-16)24-12-23-17/h5-11H,3-4,12H2,1-2H3,(H,21,22)/b20-13-. The lowest BCUT2D eigenvalue weighted by molar-refractivity contribution is 0.0954. The highest BCUT2D eigenvalue weighted by Crippen LogP contribution is 2.32. The molecule has 5 nitrogen and oxygen atoms in total. The van der Waals surface area contributed by atoms with Gasteiger partial charge in [-0.3, -0.25) is 4.79 Å². The van der Waals surface area contributed by atoms with Crippen molar-refractivity contribution >= 4 is 11.6 Å². The molecule has 0 saturated carbocycles. The lowest BCUT2D eigenvalue weighted by Gasteiger charge is -2.05. The van der Waals surface area contributed by atoms with Gasteiger partial charge in [-0.05, 0) is 42.7 Å². The molecule has 1 amide bonds. The number of aryl methyl sites for hydroxylation is 1. The summed E-state index contributed by atoms with van der Waals surface area (Å²) in [5.74, 6) is 0.948. The fourth-order valence-corrected chi connectivity index (χ4v) is 2.50. The summed E-state index contributed by atoms with van der Waals surface area (Å²) in [5.41, 5.74) is 6.11. The van der Waals surface area contributed by atoms with Crippen LogP contribution in [0.15, 0.2) is 47.6 Å². The van der Waals surface area contributed by atoms with Crippen molar-refractivity contribution in [1.82, 2.24) is 5.43 Å². The molecule has 0 bridgehead atoms. The normalized spacial score (nSPS) is 13.0.